The largest absolute Gasteiger partial charge is 0.482 e. The summed E-state index contributed by atoms with van der Waals surface area (Å²) in [5.74, 6) is -0.109. The fourth-order valence-electron chi connectivity index (χ4n) is 2.34. The first-order chi connectivity index (χ1) is 12.4. The second-order valence-electron chi connectivity index (χ2n) is 5.88. The van der Waals surface area contributed by atoms with Crippen molar-refractivity contribution < 1.29 is 22.7 Å². The van der Waals surface area contributed by atoms with Crippen molar-refractivity contribution in [2.75, 3.05) is 13.7 Å². The molecule has 0 heterocycles. The monoisotopic (exact) mass is 377 g/mol. The molecule has 0 fully saturated rings. The van der Waals surface area contributed by atoms with Gasteiger partial charge in [0.15, 0.2) is 6.61 Å². The second kappa shape index (κ2) is 9.35. The highest BCUT2D eigenvalue weighted by molar-refractivity contribution is 7.89. The molecule has 0 unspecified atom stereocenters. The SMILES string of the molecule is COC(=O)COc1ccc(S(=O)(=O)N[C@H](C)CCc2ccccc2)cc1. The van der Waals surface area contributed by atoms with Gasteiger partial charge in [0.25, 0.3) is 0 Å². The minimum Gasteiger partial charge on any atom is -0.482 e. The lowest BCUT2D eigenvalue weighted by Crippen LogP contribution is -2.32. The number of hydrogen-bond donors (Lipinski definition) is 1. The van der Waals surface area contributed by atoms with Crippen molar-refractivity contribution in [1.82, 2.24) is 4.72 Å². The number of rotatable bonds is 9. The highest BCUT2D eigenvalue weighted by Gasteiger charge is 2.17. The van der Waals surface area contributed by atoms with E-state index in [-0.39, 0.29) is 17.5 Å². The van der Waals surface area contributed by atoms with Gasteiger partial charge in [-0.1, -0.05) is 30.3 Å². The molecule has 1 atom stereocenters. The lowest BCUT2D eigenvalue weighted by atomic mass is 10.1. The van der Waals surface area contributed by atoms with Crippen LogP contribution in [0, 0.1) is 0 Å². The molecular weight excluding hydrogens is 354 g/mol. The van der Waals surface area contributed by atoms with Crippen LogP contribution < -0.4 is 9.46 Å². The molecule has 2 aromatic carbocycles. The molecule has 0 aromatic heterocycles. The Morgan fingerprint density at radius 1 is 1.08 bits per heavy atom. The van der Waals surface area contributed by atoms with Gasteiger partial charge in [-0.15, -0.1) is 0 Å². The predicted octanol–water partition coefficient (Wildman–Crippen LogP) is 2.54. The van der Waals surface area contributed by atoms with Crippen molar-refractivity contribution in [3.63, 3.8) is 0 Å². The molecule has 0 saturated heterocycles. The fourth-order valence-corrected chi connectivity index (χ4v) is 3.61. The van der Waals surface area contributed by atoms with E-state index in [1.807, 2.05) is 37.3 Å². The van der Waals surface area contributed by atoms with Gasteiger partial charge < -0.3 is 9.47 Å². The molecule has 2 aromatic rings. The molecule has 2 rings (SSSR count). The molecule has 26 heavy (non-hydrogen) atoms. The molecule has 0 aliphatic carbocycles. The predicted molar refractivity (Wildman–Crippen MR) is 98.5 cm³/mol. The normalized spacial score (nSPS) is 12.4. The van der Waals surface area contributed by atoms with Crippen molar-refractivity contribution in [3.8, 4) is 5.75 Å². The first kappa shape index (κ1) is 19.9. The number of nitrogens with one attached hydrogen (secondary N) is 1. The van der Waals surface area contributed by atoms with Gasteiger partial charge in [0.2, 0.25) is 10.0 Å². The maximum atomic E-state index is 12.5. The molecule has 0 bridgehead atoms. The summed E-state index contributed by atoms with van der Waals surface area (Å²) in [6.07, 6.45) is 1.49. The van der Waals surface area contributed by atoms with Crippen molar-refractivity contribution in [1.29, 1.82) is 0 Å². The van der Waals surface area contributed by atoms with Gasteiger partial charge in [0.1, 0.15) is 5.75 Å². The maximum absolute atomic E-state index is 12.5. The number of carbonyl (C=O) groups excluding carboxylic acids is 1. The van der Waals surface area contributed by atoms with Gasteiger partial charge in [-0.2, -0.15) is 0 Å². The van der Waals surface area contributed by atoms with Gasteiger partial charge in [-0.25, -0.2) is 17.9 Å². The van der Waals surface area contributed by atoms with E-state index >= 15 is 0 Å². The summed E-state index contributed by atoms with van der Waals surface area (Å²) in [5, 5.41) is 0. The molecule has 0 aliphatic heterocycles. The molecule has 6 nitrogen and oxygen atoms in total. The summed E-state index contributed by atoms with van der Waals surface area (Å²) in [4.78, 5) is 11.2. The zero-order valence-electron chi connectivity index (χ0n) is 14.8. The third-order valence-electron chi connectivity index (χ3n) is 3.78. The van der Waals surface area contributed by atoms with Gasteiger partial charge in [-0.05, 0) is 49.6 Å². The zero-order chi connectivity index (χ0) is 19.0. The van der Waals surface area contributed by atoms with Crippen molar-refractivity contribution in [2.45, 2.75) is 30.7 Å². The Kier molecular flexibility index (Phi) is 7.17. The van der Waals surface area contributed by atoms with E-state index in [1.54, 1.807) is 0 Å². The molecule has 0 saturated carbocycles. The van der Waals surface area contributed by atoms with E-state index in [0.29, 0.717) is 12.2 Å². The number of sulfonamides is 1. The van der Waals surface area contributed by atoms with Crippen LogP contribution in [-0.2, 0) is 26.0 Å². The number of esters is 1. The van der Waals surface area contributed by atoms with Crippen LogP contribution in [0.25, 0.3) is 0 Å². The summed E-state index contributed by atoms with van der Waals surface area (Å²) in [5.41, 5.74) is 1.17. The van der Waals surface area contributed by atoms with Crippen LogP contribution in [-0.4, -0.2) is 34.1 Å². The summed E-state index contributed by atoms with van der Waals surface area (Å²) in [7, 11) is -2.34. The number of methoxy groups -OCH3 is 1. The second-order valence-corrected chi connectivity index (χ2v) is 7.60. The Labute approximate surface area is 154 Å². The van der Waals surface area contributed by atoms with Gasteiger partial charge >= 0.3 is 5.97 Å². The van der Waals surface area contributed by atoms with Crippen molar-refractivity contribution >= 4 is 16.0 Å². The van der Waals surface area contributed by atoms with Crippen molar-refractivity contribution in [3.05, 3.63) is 60.2 Å². The van der Waals surface area contributed by atoms with E-state index in [2.05, 4.69) is 9.46 Å². The summed E-state index contributed by atoms with van der Waals surface area (Å²) in [6.45, 7) is 1.62. The van der Waals surface area contributed by atoms with Gasteiger partial charge in [-0.3, -0.25) is 0 Å². The Hall–Kier alpha value is -2.38. The minimum absolute atomic E-state index is 0.148. The quantitative estimate of drug-likeness (QED) is 0.679. The average molecular weight is 377 g/mol. The lowest BCUT2D eigenvalue weighted by Gasteiger charge is -2.14. The van der Waals surface area contributed by atoms with E-state index < -0.39 is 16.0 Å². The molecule has 140 valence electrons. The molecule has 0 radical (unpaired) electrons. The number of ether oxygens (including phenoxy) is 2. The van der Waals surface area contributed by atoms with Crippen LogP contribution in [0.1, 0.15) is 18.9 Å². The highest BCUT2D eigenvalue weighted by Crippen LogP contribution is 2.17. The van der Waals surface area contributed by atoms with E-state index in [0.717, 1.165) is 6.42 Å². The molecule has 0 amide bonds. The first-order valence-electron chi connectivity index (χ1n) is 8.26. The Balaban J connectivity index is 1.90. The van der Waals surface area contributed by atoms with Crippen LogP contribution >= 0.6 is 0 Å². The number of carbonyl (C=O) groups is 1. The van der Waals surface area contributed by atoms with Crippen LogP contribution in [0.3, 0.4) is 0 Å². The Bertz CT molecular complexity index is 804. The summed E-state index contributed by atoms with van der Waals surface area (Å²) >= 11 is 0. The van der Waals surface area contributed by atoms with Crippen LogP contribution in [0.5, 0.6) is 5.75 Å². The smallest absolute Gasteiger partial charge is 0.343 e. The van der Waals surface area contributed by atoms with Crippen molar-refractivity contribution in [2.24, 2.45) is 0 Å². The van der Waals surface area contributed by atoms with Crippen LogP contribution in [0.4, 0.5) is 0 Å². The standard InChI is InChI=1S/C19H23NO5S/c1-15(8-9-16-6-4-3-5-7-16)20-26(22,23)18-12-10-17(11-13-18)25-14-19(21)24-2/h3-7,10-13,15,20H,8-9,14H2,1-2H3/t15-/m1/s1. The van der Waals surface area contributed by atoms with Gasteiger partial charge in [0, 0.05) is 6.04 Å². The van der Waals surface area contributed by atoms with Gasteiger partial charge in [0.05, 0.1) is 12.0 Å². The molecule has 1 N–H and O–H groups in total. The van der Waals surface area contributed by atoms with Crippen LogP contribution in [0.2, 0.25) is 0 Å². The third kappa shape index (κ3) is 6.16. The zero-order valence-corrected chi connectivity index (χ0v) is 15.7. The summed E-state index contributed by atoms with van der Waals surface area (Å²) < 4.78 is 37.3. The molecule has 0 aliphatic rings. The maximum Gasteiger partial charge on any atom is 0.343 e. The number of hydrogen-bond acceptors (Lipinski definition) is 5. The Morgan fingerprint density at radius 3 is 2.35 bits per heavy atom. The minimum atomic E-state index is -3.61. The third-order valence-corrected chi connectivity index (χ3v) is 5.39. The lowest BCUT2D eigenvalue weighted by molar-refractivity contribution is -0.142. The van der Waals surface area contributed by atoms with E-state index in [9.17, 15) is 13.2 Å². The molecule has 7 heteroatoms. The van der Waals surface area contributed by atoms with E-state index in [4.69, 9.17) is 4.74 Å². The first-order valence-corrected chi connectivity index (χ1v) is 9.75. The van der Waals surface area contributed by atoms with Crippen LogP contribution in [0.15, 0.2) is 59.5 Å². The topological polar surface area (TPSA) is 81.7 Å². The Morgan fingerprint density at radius 2 is 1.73 bits per heavy atom. The van der Waals surface area contributed by atoms with E-state index in [1.165, 1.54) is 36.9 Å². The fraction of sp³-hybridized carbons (Fsp3) is 0.316. The number of benzene rings is 2. The summed E-state index contributed by atoms with van der Waals surface area (Å²) in [6, 6.07) is 15.6. The molecular formula is C19H23NO5S. The highest BCUT2D eigenvalue weighted by atomic mass is 32.2. The molecule has 0 spiro atoms. The average Bonchev–Trinajstić information content (AvgIpc) is 2.65. The number of aryl methyl sites for hydroxylation is 1.